The molecule has 0 radical (unpaired) electrons. The lowest BCUT2D eigenvalue weighted by molar-refractivity contribution is -0.385. The molecule has 0 aromatic heterocycles. The molecule has 1 aromatic rings. The molecule has 1 rings (SSSR count). The van der Waals surface area contributed by atoms with Crippen molar-refractivity contribution in [2.45, 2.75) is 12.8 Å². The van der Waals surface area contributed by atoms with Crippen LogP contribution in [-0.2, 0) is 0 Å². The third-order valence-corrected chi connectivity index (χ3v) is 2.42. The molecular weight excluding hydrogens is 246 g/mol. The van der Waals surface area contributed by atoms with Crippen LogP contribution in [0.2, 0.25) is 0 Å². The molecule has 0 aliphatic carbocycles. The van der Waals surface area contributed by atoms with Crippen LogP contribution >= 0.6 is 11.6 Å². The van der Waals surface area contributed by atoms with Crippen LogP contribution in [0.5, 0.6) is 11.5 Å². The van der Waals surface area contributed by atoms with Gasteiger partial charge in [-0.2, -0.15) is 0 Å². The molecule has 0 saturated carbocycles. The van der Waals surface area contributed by atoms with Crippen molar-refractivity contribution in [3.8, 4) is 11.5 Å². The Bertz CT molecular complexity index is 384. The SMILES string of the molecule is COc1ccc([N+](=O)[O-])c(OCCCCCl)c1. The number of alkyl halides is 1. The van der Waals surface area contributed by atoms with Gasteiger partial charge < -0.3 is 9.47 Å². The first-order chi connectivity index (χ1) is 8.19. The maximum atomic E-state index is 10.8. The molecule has 94 valence electrons. The quantitative estimate of drug-likeness (QED) is 0.327. The average Bonchev–Trinajstić information content (AvgIpc) is 2.34. The summed E-state index contributed by atoms with van der Waals surface area (Å²) in [6.07, 6.45) is 1.58. The van der Waals surface area contributed by atoms with Gasteiger partial charge >= 0.3 is 5.69 Å². The summed E-state index contributed by atoms with van der Waals surface area (Å²) < 4.78 is 10.4. The van der Waals surface area contributed by atoms with E-state index in [0.29, 0.717) is 18.2 Å². The predicted octanol–water partition coefficient (Wildman–Crippen LogP) is 3.00. The van der Waals surface area contributed by atoms with Crippen LogP contribution in [0.25, 0.3) is 0 Å². The Kier molecular flexibility index (Phi) is 5.56. The van der Waals surface area contributed by atoms with Gasteiger partial charge in [-0.15, -0.1) is 11.6 Å². The van der Waals surface area contributed by atoms with Crippen LogP contribution in [0.3, 0.4) is 0 Å². The van der Waals surface area contributed by atoms with Crippen LogP contribution in [0.15, 0.2) is 18.2 Å². The Morgan fingerprint density at radius 1 is 1.41 bits per heavy atom. The molecule has 0 heterocycles. The van der Waals surface area contributed by atoms with E-state index in [2.05, 4.69) is 0 Å². The van der Waals surface area contributed by atoms with Crippen LogP contribution in [0, 0.1) is 10.1 Å². The number of nitro groups is 1. The normalized spacial score (nSPS) is 10.0. The van der Waals surface area contributed by atoms with Gasteiger partial charge in [0.25, 0.3) is 0 Å². The number of rotatable bonds is 7. The monoisotopic (exact) mass is 259 g/mol. The van der Waals surface area contributed by atoms with Crippen molar-refractivity contribution in [3.63, 3.8) is 0 Å². The topological polar surface area (TPSA) is 61.6 Å². The molecule has 1 aromatic carbocycles. The highest BCUT2D eigenvalue weighted by Gasteiger charge is 2.15. The van der Waals surface area contributed by atoms with Crippen LogP contribution in [-0.4, -0.2) is 24.5 Å². The molecule has 0 fully saturated rings. The molecule has 0 atom stereocenters. The van der Waals surface area contributed by atoms with Crippen molar-refractivity contribution in [3.05, 3.63) is 28.3 Å². The fourth-order valence-electron chi connectivity index (χ4n) is 1.27. The second kappa shape index (κ2) is 6.96. The maximum Gasteiger partial charge on any atom is 0.311 e. The van der Waals surface area contributed by atoms with E-state index >= 15 is 0 Å². The number of unbranched alkanes of at least 4 members (excludes halogenated alkanes) is 1. The molecule has 0 bridgehead atoms. The molecular formula is C11H14ClNO4. The van der Waals surface area contributed by atoms with Crippen LogP contribution in [0.1, 0.15) is 12.8 Å². The number of hydrogen-bond acceptors (Lipinski definition) is 4. The number of methoxy groups -OCH3 is 1. The van der Waals surface area contributed by atoms with E-state index in [-0.39, 0.29) is 11.4 Å². The van der Waals surface area contributed by atoms with E-state index in [1.165, 1.54) is 25.3 Å². The van der Waals surface area contributed by atoms with Gasteiger partial charge in [-0.3, -0.25) is 10.1 Å². The van der Waals surface area contributed by atoms with Crippen molar-refractivity contribution in [2.24, 2.45) is 0 Å². The summed E-state index contributed by atoms with van der Waals surface area (Å²) in [4.78, 5) is 10.3. The Morgan fingerprint density at radius 2 is 2.18 bits per heavy atom. The first-order valence-electron chi connectivity index (χ1n) is 5.20. The lowest BCUT2D eigenvalue weighted by Crippen LogP contribution is -2.01. The Labute approximate surface area is 104 Å². The summed E-state index contributed by atoms with van der Waals surface area (Å²) in [6.45, 7) is 0.403. The van der Waals surface area contributed by atoms with Gasteiger partial charge in [-0.25, -0.2) is 0 Å². The Hall–Kier alpha value is -1.49. The average molecular weight is 260 g/mol. The minimum absolute atomic E-state index is 0.0586. The summed E-state index contributed by atoms with van der Waals surface area (Å²) in [5.74, 6) is 1.32. The van der Waals surface area contributed by atoms with Gasteiger partial charge in [0, 0.05) is 18.0 Å². The van der Waals surface area contributed by atoms with E-state index in [1.54, 1.807) is 0 Å². The van der Waals surface area contributed by atoms with Gasteiger partial charge in [0.05, 0.1) is 18.6 Å². The largest absolute Gasteiger partial charge is 0.497 e. The number of ether oxygens (including phenoxy) is 2. The highest BCUT2D eigenvalue weighted by atomic mass is 35.5. The van der Waals surface area contributed by atoms with E-state index in [0.717, 1.165) is 12.8 Å². The van der Waals surface area contributed by atoms with Crippen molar-refractivity contribution in [2.75, 3.05) is 19.6 Å². The molecule has 0 amide bonds. The molecule has 17 heavy (non-hydrogen) atoms. The summed E-state index contributed by atoms with van der Waals surface area (Å²) in [6, 6.07) is 4.41. The zero-order valence-corrected chi connectivity index (χ0v) is 10.3. The summed E-state index contributed by atoms with van der Waals surface area (Å²) in [5, 5.41) is 10.8. The van der Waals surface area contributed by atoms with E-state index < -0.39 is 4.92 Å². The highest BCUT2D eigenvalue weighted by molar-refractivity contribution is 6.17. The minimum Gasteiger partial charge on any atom is -0.497 e. The lowest BCUT2D eigenvalue weighted by atomic mass is 10.3. The third-order valence-electron chi connectivity index (χ3n) is 2.15. The second-order valence-corrected chi connectivity index (χ2v) is 3.71. The molecule has 0 spiro atoms. The number of halogens is 1. The first kappa shape index (κ1) is 13.6. The lowest BCUT2D eigenvalue weighted by Gasteiger charge is -2.07. The van der Waals surface area contributed by atoms with E-state index in [9.17, 15) is 10.1 Å². The van der Waals surface area contributed by atoms with E-state index in [1.807, 2.05) is 0 Å². The van der Waals surface area contributed by atoms with Gasteiger partial charge in [-0.1, -0.05) is 0 Å². The van der Waals surface area contributed by atoms with Crippen molar-refractivity contribution in [1.82, 2.24) is 0 Å². The van der Waals surface area contributed by atoms with Gasteiger partial charge in [0.15, 0.2) is 0 Å². The second-order valence-electron chi connectivity index (χ2n) is 3.34. The molecule has 0 unspecified atom stereocenters. The molecule has 5 nitrogen and oxygen atoms in total. The molecule has 0 saturated heterocycles. The summed E-state index contributed by atoms with van der Waals surface area (Å²) >= 11 is 5.53. The number of hydrogen-bond donors (Lipinski definition) is 0. The number of nitrogens with zero attached hydrogens (tertiary/aromatic N) is 1. The van der Waals surface area contributed by atoms with Crippen LogP contribution in [0.4, 0.5) is 5.69 Å². The van der Waals surface area contributed by atoms with Gasteiger partial charge in [0.1, 0.15) is 5.75 Å². The first-order valence-corrected chi connectivity index (χ1v) is 5.73. The van der Waals surface area contributed by atoms with Gasteiger partial charge in [0.2, 0.25) is 5.75 Å². The standard InChI is InChI=1S/C11H14ClNO4/c1-16-9-4-5-10(13(14)15)11(8-9)17-7-3-2-6-12/h4-5,8H,2-3,6-7H2,1H3. The fourth-order valence-corrected chi connectivity index (χ4v) is 1.46. The minimum atomic E-state index is -0.476. The smallest absolute Gasteiger partial charge is 0.311 e. The van der Waals surface area contributed by atoms with Crippen molar-refractivity contribution in [1.29, 1.82) is 0 Å². The molecule has 0 aliphatic rings. The van der Waals surface area contributed by atoms with Gasteiger partial charge in [-0.05, 0) is 18.9 Å². The maximum absolute atomic E-state index is 10.8. The summed E-state index contributed by atoms with van der Waals surface area (Å²) in [7, 11) is 1.50. The molecule has 0 aliphatic heterocycles. The number of benzene rings is 1. The third kappa shape index (κ3) is 4.11. The fraction of sp³-hybridized carbons (Fsp3) is 0.455. The van der Waals surface area contributed by atoms with Crippen molar-refractivity contribution >= 4 is 17.3 Å². The summed E-state index contributed by atoms with van der Waals surface area (Å²) in [5.41, 5.74) is -0.0586. The van der Waals surface area contributed by atoms with Crippen LogP contribution < -0.4 is 9.47 Å². The van der Waals surface area contributed by atoms with E-state index in [4.69, 9.17) is 21.1 Å². The Morgan fingerprint density at radius 3 is 2.76 bits per heavy atom. The Balaban J connectivity index is 2.75. The zero-order valence-electron chi connectivity index (χ0n) is 9.52. The molecule has 6 heteroatoms. The highest BCUT2D eigenvalue weighted by Crippen LogP contribution is 2.31. The molecule has 0 N–H and O–H groups in total. The van der Waals surface area contributed by atoms with Crippen molar-refractivity contribution < 1.29 is 14.4 Å². The predicted molar refractivity (Wildman–Crippen MR) is 65.1 cm³/mol. The zero-order chi connectivity index (χ0) is 12.7. The number of nitro benzene ring substituents is 1.